The van der Waals surface area contributed by atoms with Crippen molar-refractivity contribution in [1.29, 1.82) is 0 Å². The maximum Gasteiger partial charge on any atom is 0.242 e. The largest absolute Gasteiger partial charge is 0.350 e. The molecule has 0 fully saturated rings. The van der Waals surface area contributed by atoms with Crippen molar-refractivity contribution in [2.24, 2.45) is 0 Å². The van der Waals surface area contributed by atoms with Crippen molar-refractivity contribution in [1.82, 2.24) is 9.88 Å². The van der Waals surface area contributed by atoms with E-state index in [0.717, 1.165) is 28.9 Å². The summed E-state index contributed by atoms with van der Waals surface area (Å²) in [4.78, 5) is 20.0. The maximum atomic E-state index is 12.0. The zero-order chi connectivity index (χ0) is 13.7. The molecule has 0 bridgehead atoms. The van der Waals surface area contributed by atoms with Gasteiger partial charge in [-0.25, -0.2) is 4.98 Å². The van der Waals surface area contributed by atoms with E-state index < -0.39 is 0 Å². The van der Waals surface area contributed by atoms with Gasteiger partial charge in [-0.15, -0.1) is 0 Å². The van der Waals surface area contributed by atoms with E-state index in [9.17, 15) is 4.79 Å². The minimum Gasteiger partial charge on any atom is -0.350 e. The number of likely N-dealkylation sites (N-methyl/N-ethyl adjacent to an activating group) is 2. The van der Waals surface area contributed by atoms with Gasteiger partial charge in [0.1, 0.15) is 5.82 Å². The first-order valence-electron chi connectivity index (χ1n) is 6.10. The van der Waals surface area contributed by atoms with Crippen LogP contribution in [0, 0.1) is 6.92 Å². The monoisotopic (exact) mass is 313 g/mol. The predicted octanol–water partition coefficient (Wildman–Crippen LogP) is 2.46. The Morgan fingerprint density at radius 1 is 1.39 bits per heavy atom. The van der Waals surface area contributed by atoms with Gasteiger partial charge in [-0.1, -0.05) is 0 Å². The Balaban J connectivity index is 2.73. The molecule has 1 aromatic rings. The molecule has 0 aromatic carbocycles. The van der Waals surface area contributed by atoms with Crippen LogP contribution in [0.1, 0.15) is 19.4 Å². The summed E-state index contributed by atoms with van der Waals surface area (Å²) in [5.74, 6) is 0.945. The Kier molecular flexibility index (Phi) is 5.59. The minimum absolute atomic E-state index is 0.130. The molecule has 5 heteroatoms. The zero-order valence-electron chi connectivity index (χ0n) is 11.4. The molecule has 0 atom stereocenters. The Labute approximate surface area is 117 Å². The first-order valence-corrected chi connectivity index (χ1v) is 6.89. The van der Waals surface area contributed by atoms with Crippen molar-refractivity contribution in [3.63, 3.8) is 0 Å². The van der Waals surface area contributed by atoms with E-state index >= 15 is 0 Å². The van der Waals surface area contributed by atoms with E-state index in [0.29, 0.717) is 6.54 Å². The molecule has 1 heterocycles. The highest BCUT2D eigenvalue weighted by molar-refractivity contribution is 9.10. The smallest absolute Gasteiger partial charge is 0.242 e. The van der Waals surface area contributed by atoms with Gasteiger partial charge in [0.15, 0.2) is 0 Å². The lowest BCUT2D eigenvalue weighted by Gasteiger charge is -2.24. The van der Waals surface area contributed by atoms with Crippen LogP contribution in [0.3, 0.4) is 0 Å². The van der Waals surface area contributed by atoms with Crippen molar-refractivity contribution < 1.29 is 4.79 Å². The first-order chi connectivity index (χ1) is 8.49. The lowest BCUT2D eigenvalue weighted by molar-refractivity contribution is -0.129. The van der Waals surface area contributed by atoms with Crippen LogP contribution in [0.15, 0.2) is 16.7 Å². The number of aryl methyl sites for hydroxylation is 1. The van der Waals surface area contributed by atoms with E-state index in [1.165, 1.54) is 0 Å². The molecule has 0 unspecified atom stereocenters. The highest BCUT2D eigenvalue weighted by atomic mass is 79.9. The molecule has 0 aliphatic carbocycles. The Morgan fingerprint density at radius 3 is 2.50 bits per heavy atom. The number of pyridine rings is 1. The van der Waals surface area contributed by atoms with Crippen LogP contribution in [-0.2, 0) is 4.79 Å². The number of hydrogen-bond donors (Lipinski definition) is 0. The molecule has 0 saturated heterocycles. The van der Waals surface area contributed by atoms with Gasteiger partial charge >= 0.3 is 0 Å². The molecule has 0 aliphatic heterocycles. The molecule has 1 aromatic heterocycles. The van der Waals surface area contributed by atoms with E-state index in [1.807, 2.05) is 43.7 Å². The molecule has 0 N–H and O–H groups in total. The van der Waals surface area contributed by atoms with Crippen LogP contribution in [0.5, 0.6) is 0 Å². The standard InChI is InChI=1S/C13H20BrN3O/c1-5-17(6-2)13(18)9-16(4)12-7-10(3)11(14)8-15-12/h7-8H,5-6,9H2,1-4H3. The number of nitrogens with zero attached hydrogens (tertiary/aromatic N) is 3. The van der Waals surface area contributed by atoms with Crippen molar-refractivity contribution in [3.05, 3.63) is 22.3 Å². The Hall–Kier alpha value is -1.10. The Bertz CT molecular complexity index is 419. The van der Waals surface area contributed by atoms with Gasteiger partial charge in [-0.2, -0.15) is 0 Å². The highest BCUT2D eigenvalue weighted by Crippen LogP contribution is 2.19. The van der Waals surface area contributed by atoms with Gasteiger partial charge in [-0.05, 0) is 48.3 Å². The summed E-state index contributed by atoms with van der Waals surface area (Å²) in [6.07, 6.45) is 1.77. The van der Waals surface area contributed by atoms with Gasteiger partial charge in [0.2, 0.25) is 5.91 Å². The van der Waals surface area contributed by atoms with Crippen LogP contribution >= 0.6 is 15.9 Å². The summed E-state index contributed by atoms with van der Waals surface area (Å²) in [5.41, 5.74) is 1.11. The SMILES string of the molecule is CCN(CC)C(=O)CN(C)c1cc(C)c(Br)cn1. The molecule has 0 radical (unpaired) electrons. The van der Waals surface area contributed by atoms with Crippen LogP contribution < -0.4 is 4.90 Å². The fourth-order valence-corrected chi connectivity index (χ4v) is 1.91. The minimum atomic E-state index is 0.130. The van der Waals surface area contributed by atoms with Crippen molar-refractivity contribution in [2.45, 2.75) is 20.8 Å². The third-order valence-electron chi connectivity index (χ3n) is 2.91. The van der Waals surface area contributed by atoms with Crippen LogP contribution in [0.4, 0.5) is 5.82 Å². The maximum absolute atomic E-state index is 12.0. The summed E-state index contributed by atoms with van der Waals surface area (Å²) < 4.78 is 0.981. The highest BCUT2D eigenvalue weighted by Gasteiger charge is 2.13. The number of rotatable bonds is 5. The number of aromatic nitrogens is 1. The second-order valence-electron chi connectivity index (χ2n) is 4.21. The van der Waals surface area contributed by atoms with E-state index in [-0.39, 0.29) is 5.91 Å². The van der Waals surface area contributed by atoms with E-state index in [4.69, 9.17) is 0 Å². The number of halogens is 1. The molecule has 1 amide bonds. The fourth-order valence-electron chi connectivity index (χ4n) is 1.69. The molecule has 0 saturated carbocycles. The van der Waals surface area contributed by atoms with Gasteiger partial charge in [0.25, 0.3) is 0 Å². The van der Waals surface area contributed by atoms with E-state index in [1.54, 1.807) is 6.20 Å². The topological polar surface area (TPSA) is 36.4 Å². The second kappa shape index (κ2) is 6.73. The lowest BCUT2D eigenvalue weighted by Crippen LogP contribution is -2.39. The normalized spacial score (nSPS) is 10.3. The molecule has 1 rings (SSSR count). The van der Waals surface area contributed by atoms with Crippen molar-refractivity contribution in [3.8, 4) is 0 Å². The number of amides is 1. The average molecular weight is 314 g/mol. The molecule has 100 valence electrons. The zero-order valence-corrected chi connectivity index (χ0v) is 13.0. The average Bonchev–Trinajstić information content (AvgIpc) is 2.34. The van der Waals surface area contributed by atoms with Gasteiger partial charge < -0.3 is 9.80 Å². The van der Waals surface area contributed by atoms with Gasteiger partial charge in [-0.3, -0.25) is 4.79 Å². The van der Waals surface area contributed by atoms with Crippen molar-refractivity contribution >= 4 is 27.7 Å². The summed E-state index contributed by atoms with van der Waals surface area (Å²) in [6.45, 7) is 7.84. The molecule has 4 nitrogen and oxygen atoms in total. The van der Waals surface area contributed by atoms with E-state index in [2.05, 4.69) is 20.9 Å². The quantitative estimate of drug-likeness (QED) is 0.838. The molecular weight excluding hydrogens is 294 g/mol. The summed E-state index contributed by atoms with van der Waals surface area (Å²) in [6, 6.07) is 1.97. The molecule has 18 heavy (non-hydrogen) atoms. The predicted molar refractivity (Wildman–Crippen MR) is 77.9 cm³/mol. The fraction of sp³-hybridized carbons (Fsp3) is 0.538. The second-order valence-corrected chi connectivity index (χ2v) is 5.07. The van der Waals surface area contributed by atoms with Crippen molar-refractivity contribution in [2.75, 3.05) is 31.6 Å². The van der Waals surface area contributed by atoms with Crippen LogP contribution in [0.25, 0.3) is 0 Å². The molecule has 0 spiro atoms. The summed E-state index contributed by atoms with van der Waals surface area (Å²) in [5, 5.41) is 0. The van der Waals surface area contributed by atoms with Gasteiger partial charge in [0, 0.05) is 30.8 Å². The number of carbonyl (C=O) groups excluding carboxylic acids is 1. The Morgan fingerprint density at radius 2 is 2.00 bits per heavy atom. The summed E-state index contributed by atoms with van der Waals surface area (Å²) in [7, 11) is 1.89. The number of anilines is 1. The first kappa shape index (κ1) is 15.0. The number of hydrogen-bond acceptors (Lipinski definition) is 3. The molecule has 0 aliphatic rings. The lowest BCUT2D eigenvalue weighted by atomic mass is 10.3. The summed E-state index contributed by atoms with van der Waals surface area (Å²) >= 11 is 3.42. The van der Waals surface area contributed by atoms with Crippen LogP contribution in [0.2, 0.25) is 0 Å². The van der Waals surface area contributed by atoms with Gasteiger partial charge in [0.05, 0.1) is 6.54 Å². The molecular formula is C13H20BrN3O. The van der Waals surface area contributed by atoms with Crippen LogP contribution in [-0.4, -0.2) is 42.5 Å². The number of carbonyl (C=O) groups is 1. The third kappa shape index (κ3) is 3.70. The third-order valence-corrected chi connectivity index (χ3v) is 3.74.